The van der Waals surface area contributed by atoms with Crippen LogP contribution in [0.3, 0.4) is 0 Å². The van der Waals surface area contributed by atoms with Crippen LogP contribution in [0.1, 0.15) is 33.1 Å². The monoisotopic (exact) mass is 625 g/mol. The van der Waals surface area contributed by atoms with Gasteiger partial charge in [0, 0.05) is 37.6 Å². The molecule has 2 amide bonds. The van der Waals surface area contributed by atoms with Crippen LogP contribution < -0.4 is 0 Å². The minimum Gasteiger partial charge on any atom is -0.465 e. The third-order valence-corrected chi connectivity index (χ3v) is 9.44. The highest BCUT2D eigenvalue weighted by Gasteiger charge is 2.77. The smallest absolute Gasteiger partial charge is 0.312 e. The Morgan fingerprint density at radius 3 is 2.62 bits per heavy atom. The molecule has 10 nitrogen and oxygen atoms in total. The highest BCUT2D eigenvalue weighted by Crippen LogP contribution is 2.60. The number of likely N-dealkylation sites (tertiary alicyclic amines) is 1. The van der Waals surface area contributed by atoms with Crippen LogP contribution in [0.25, 0.3) is 0 Å². The van der Waals surface area contributed by atoms with Crippen molar-refractivity contribution in [3.63, 3.8) is 0 Å². The van der Waals surface area contributed by atoms with Crippen molar-refractivity contribution in [2.24, 2.45) is 17.8 Å². The Hall–Kier alpha value is -1.79. The molecule has 0 saturated carbocycles. The molecule has 4 fully saturated rings. The van der Waals surface area contributed by atoms with Gasteiger partial charge < -0.3 is 29.1 Å². The number of halogens is 1. The molecule has 0 aliphatic carbocycles. The van der Waals surface area contributed by atoms with Gasteiger partial charge in [0.1, 0.15) is 11.6 Å². The molecule has 224 valence electrons. The standard InChI is InChI=1S/C29H44BrN3O7/c1-5-7-13-39-28(37)22-23-26(35)33(20(18-34)16-19(3)4)25(29(23)17-21(30)24(22)40-29)27(36)32(8-6-2)10-9-31-11-14-38-15-12-31/h5-6,19-25,34H,1-2,7-18H2,3-4H3/t20-,21?,22-,23+,24-,25?,29?/m1/s1. The summed E-state index contributed by atoms with van der Waals surface area (Å²) in [6, 6.07) is -1.55. The van der Waals surface area contributed by atoms with Gasteiger partial charge in [0.05, 0.1) is 50.4 Å². The molecular formula is C29H44BrN3O7. The van der Waals surface area contributed by atoms with Gasteiger partial charge >= 0.3 is 5.97 Å². The number of nitrogens with zero attached hydrogens (tertiary/aromatic N) is 3. The number of morpholine rings is 1. The molecule has 4 aliphatic heterocycles. The first-order chi connectivity index (χ1) is 19.2. The molecule has 40 heavy (non-hydrogen) atoms. The number of carbonyl (C=O) groups excluding carboxylic acids is 3. The number of hydrogen-bond donors (Lipinski definition) is 1. The molecule has 1 spiro atoms. The number of aliphatic hydroxyl groups is 1. The van der Waals surface area contributed by atoms with E-state index in [1.165, 1.54) is 0 Å². The molecule has 4 aliphatic rings. The Balaban J connectivity index is 1.69. The van der Waals surface area contributed by atoms with Gasteiger partial charge in [-0.15, -0.1) is 13.2 Å². The third-order valence-electron chi connectivity index (χ3n) is 8.60. The molecular weight excluding hydrogens is 582 g/mol. The van der Waals surface area contributed by atoms with E-state index >= 15 is 0 Å². The lowest BCUT2D eigenvalue weighted by Crippen LogP contribution is -2.59. The summed E-state index contributed by atoms with van der Waals surface area (Å²) in [5.74, 6) is -2.59. The number of rotatable bonds is 14. The summed E-state index contributed by atoms with van der Waals surface area (Å²) in [5.41, 5.74) is -1.20. The van der Waals surface area contributed by atoms with Crippen LogP contribution in [0, 0.1) is 17.8 Å². The molecule has 3 unspecified atom stereocenters. The van der Waals surface area contributed by atoms with Gasteiger partial charge in [0.2, 0.25) is 11.8 Å². The first kappa shape index (κ1) is 31.2. The van der Waals surface area contributed by atoms with Crippen LogP contribution in [0.5, 0.6) is 0 Å². The summed E-state index contributed by atoms with van der Waals surface area (Å²) >= 11 is 3.69. The molecule has 2 bridgehead atoms. The zero-order valence-corrected chi connectivity index (χ0v) is 25.3. The van der Waals surface area contributed by atoms with E-state index in [1.807, 2.05) is 13.8 Å². The number of hydrogen-bond acceptors (Lipinski definition) is 8. The fourth-order valence-electron chi connectivity index (χ4n) is 6.88. The molecule has 4 heterocycles. The minimum atomic E-state index is -1.20. The van der Waals surface area contributed by atoms with Crippen molar-refractivity contribution in [2.45, 2.75) is 61.7 Å². The summed E-state index contributed by atoms with van der Waals surface area (Å²) in [7, 11) is 0. The van der Waals surface area contributed by atoms with Crippen molar-refractivity contribution in [3.8, 4) is 0 Å². The van der Waals surface area contributed by atoms with Crippen LogP contribution in [0.4, 0.5) is 0 Å². The number of fused-ring (bicyclic) bond motifs is 1. The lowest BCUT2D eigenvalue weighted by atomic mass is 9.70. The Bertz CT molecular complexity index is 958. The van der Waals surface area contributed by atoms with Crippen molar-refractivity contribution >= 4 is 33.7 Å². The SMILES string of the molecule is C=CCCOC(=O)[C@H]1[C@@H]2OC3(CC2Br)C(C(=O)N(CC=C)CCN2CCOCC2)N([C@@H](CO)CC(C)C)C(=O)[C@H]13. The minimum absolute atomic E-state index is 0.166. The molecule has 0 aromatic carbocycles. The second-order valence-electron chi connectivity index (χ2n) is 11.6. The Kier molecular flexibility index (Phi) is 10.5. The van der Waals surface area contributed by atoms with Crippen LogP contribution in [0.2, 0.25) is 0 Å². The second kappa shape index (κ2) is 13.5. The van der Waals surface area contributed by atoms with Crippen molar-refractivity contribution in [2.75, 3.05) is 59.2 Å². The van der Waals surface area contributed by atoms with Gasteiger partial charge in [-0.3, -0.25) is 19.3 Å². The first-order valence-electron chi connectivity index (χ1n) is 14.4. The number of alkyl halides is 1. The number of aliphatic hydroxyl groups excluding tert-OH is 1. The number of ether oxygens (including phenoxy) is 3. The summed E-state index contributed by atoms with van der Waals surface area (Å²) in [6.07, 6.45) is 4.19. The van der Waals surface area contributed by atoms with Crippen LogP contribution in [0.15, 0.2) is 25.3 Å². The maximum Gasteiger partial charge on any atom is 0.312 e. The predicted molar refractivity (Wildman–Crippen MR) is 153 cm³/mol. The quantitative estimate of drug-likeness (QED) is 0.134. The summed E-state index contributed by atoms with van der Waals surface area (Å²) in [5, 5.41) is 10.5. The summed E-state index contributed by atoms with van der Waals surface area (Å²) < 4.78 is 17.6. The predicted octanol–water partition coefficient (Wildman–Crippen LogP) is 1.61. The fraction of sp³-hybridized carbons (Fsp3) is 0.759. The van der Waals surface area contributed by atoms with E-state index in [-0.39, 0.29) is 35.8 Å². The van der Waals surface area contributed by atoms with Crippen LogP contribution >= 0.6 is 15.9 Å². The largest absolute Gasteiger partial charge is 0.465 e. The van der Waals surface area contributed by atoms with E-state index in [1.54, 1.807) is 22.0 Å². The average molecular weight is 627 g/mol. The van der Waals surface area contributed by atoms with Crippen molar-refractivity contribution in [1.29, 1.82) is 0 Å². The molecule has 1 N–H and O–H groups in total. The molecule has 0 radical (unpaired) electrons. The highest BCUT2D eigenvalue weighted by atomic mass is 79.9. The maximum atomic E-state index is 14.5. The van der Waals surface area contributed by atoms with Gasteiger partial charge in [0.15, 0.2) is 0 Å². The van der Waals surface area contributed by atoms with Crippen molar-refractivity contribution in [1.82, 2.24) is 14.7 Å². The van der Waals surface area contributed by atoms with Gasteiger partial charge in [-0.05, 0) is 25.2 Å². The van der Waals surface area contributed by atoms with E-state index in [0.29, 0.717) is 52.1 Å². The lowest BCUT2D eigenvalue weighted by Gasteiger charge is -2.40. The van der Waals surface area contributed by atoms with Crippen LogP contribution in [-0.2, 0) is 28.6 Å². The van der Waals surface area contributed by atoms with E-state index in [4.69, 9.17) is 14.2 Å². The number of carbonyl (C=O) groups is 3. The molecule has 11 heteroatoms. The van der Waals surface area contributed by atoms with E-state index in [0.717, 1.165) is 13.1 Å². The van der Waals surface area contributed by atoms with Gasteiger partial charge in [0.25, 0.3) is 0 Å². The van der Waals surface area contributed by atoms with Crippen molar-refractivity contribution in [3.05, 3.63) is 25.3 Å². The molecule has 4 rings (SSSR count). The normalized spacial score (nSPS) is 32.3. The van der Waals surface area contributed by atoms with E-state index < -0.39 is 41.6 Å². The Morgan fingerprint density at radius 2 is 2.00 bits per heavy atom. The van der Waals surface area contributed by atoms with Crippen molar-refractivity contribution < 1.29 is 33.7 Å². The topological polar surface area (TPSA) is 109 Å². The van der Waals surface area contributed by atoms with Crippen LogP contribution in [-0.4, -0.2) is 125 Å². The summed E-state index contributed by atoms with van der Waals surface area (Å²) in [6.45, 7) is 15.8. The lowest BCUT2D eigenvalue weighted by molar-refractivity contribution is -0.156. The maximum absolute atomic E-state index is 14.5. The first-order valence-corrected chi connectivity index (χ1v) is 15.3. The molecule has 4 saturated heterocycles. The Labute approximate surface area is 245 Å². The zero-order chi connectivity index (χ0) is 29.0. The van der Waals surface area contributed by atoms with Gasteiger partial charge in [-0.2, -0.15) is 0 Å². The zero-order valence-electron chi connectivity index (χ0n) is 23.7. The summed E-state index contributed by atoms with van der Waals surface area (Å²) in [4.78, 5) is 47.5. The Morgan fingerprint density at radius 1 is 1.27 bits per heavy atom. The van der Waals surface area contributed by atoms with Gasteiger partial charge in [-0.1, -0.05) is 41.9 Å². The number of amides is 2. The second-order valence-corrected chi connectivity index (χ2v) is 12.8. The molecule has 7 atom stereocenters. The highest BCUT2D eigenvalue weighted by molar-refractivity contribution is 9.09. The average Bonchev–Trinajstić information content (AvgIpc) is 3.53. The van der Waals surface area contributed by atoms with Gasteiger partial charge in [-0.25, -0.2) is 0 Å². The fourth-order valence-corrected chi connectivity index (χ4v) is 7.82. The molecule has 0 aromatic heterocycles. The van der Waals surface area contributed by atoms with E-state index in [9.17, 15) is 19.5 Å². The molecule has 0 aromatic rings. The third kappa shape index (κ3) is 5.90. The number of esters is 1. The van der Waals surface area contributed by atoms with E-state index in [2.05, 4.69) is 34.0 Å².